The zero-order chi connectivity index (χ0) is 15.6. The predicted molar refractivity (Wildman–Crippen MR) is 82.7 cm³/mol. The summed E-state index contributed by atoms with van der Waals surface area (Å²) in [6.45, 7) is 2.25. The van der Waals surface area contributed by atoms with Crippen molar-refractivity contribution in [3.05, 3.63) is 32.2 Å². The van der Waals surface area contributed by atoms with E-state index in [0.29, 0.717) is 22.4 Å². The summed E-state index contributed by atoms with van der Waals surface area (Å²) in [5.41, 5.74) is 0.369. The molecule has 2 N–H and O–H groups in total. The number of nitrogens with one attached hydrogen (secondary N) is 2. The molecule has 8 heteroatoms. The molecule has 1 aliphatic heterocycles. The number of benzene rings is 1. The van der Waals surface area contributed by atoms with Crippen molar-refractivity contribution in [2.45, 2.75) is 6.92 Å². The lowest BCUT2D eigenvalue weighted by atomic mass is 10.1. The van der Waals surface area contributed by atoms with E-state index in [9.17, 15) is 14.4 Å². The molecule has 1 saturated heterocycles. The van der Waals surface area contributed by atoms with Crippen LogP contribution in [0, 0.1) is 0 Å². The van der Waals surface area contributed by atoms with Crippen molar-refractivity contribution in [1.29, 1.82) is 0 Å². The van der Waals surface area contributed by atoms with E-state index in [1.807, 2.05) is 17.6 Å². The topological polar surface area (TPSA) is 84.5 Å². The molecule has 1 aromatic carbocycles. The summed E-state index contributed by atoms with van der Waals surface area (Å²) in [5.74, 6) is -0.990. The molecule has 2 rings (SSSR count). The number of barbiturate groups is 1. The van der Waals surface area contributed by atoms with Crippen molar-refractivity contribution in [3.8, 4) is 5.75 Å². The Kier molecular flexibility index (Phi) is 4.79. The van der Waals surface area contributed by atoms with Crippen LogP contribution in [0.5, 0.6) is 5.75 Å². The minimum Gasteiger partial charge on any atom is -0.492 e. The minimum atomic E-state index is -0.831. The zero-order valence-electron chi connectivity index (χ0n) is 10.8. The Morgan fingerprint density at radius 3 is 2.33 bits per heavy atom. The fourth-order valence-electron chi connectivity index (χ4n) is 1.75. The fraction of sp³-hybridized carbons (Fsp3) is 0.154. The molecule has 0 aromatic heterocycles. The lowest BCUT2D eigenvalue weighted by Crippen LogP contribution is -2.51. The minimum absolute atomic E-state index is 0.166. The van der Waals surface area contributed by atoms with Crippen LogP contribution in [0.2, 0.25) is 0 Å². The number of ether oxygens (including phenoxy) is 1. The van der Waals surface area contributed by atoms with Crippen LogP contribution < -0.4 is 15.4 Å². The first kappa shape index (κ1) is 15.7. The smallest absolute Gasteiger partial charge is 0.328 e. The van der Waals surface area contributed by atoms with Crippen molar-refractivity contribution >= 4 is 55.8 Å². The van der Waals surface area contributed by atoms with Crippen molar-refractivity contribution < 1.29 is 19.1 Å². The van der Waals surface area contributed by atoms with Gasteiger partial charge < -0.3 is 4.74 Å². The predicted octanol–water partition coefficient (Wildman–Crippen LogP) is 2.36. The lowest BCUT2D eigenvalue weighted by molar-refractivity contribution is -0.123. The summed E-state index contributed by atoms with van der Waals surface area (Å²) >= 11 is 6.70. The highest BCUT2D eigenvalue weighted by molar-refractivity contribution is 9.11. The molecule has 1 aliphatic rings. The maximum atomic E-state index is 11.7. The van der Waals surface area contributed by atoms with E-state index in [1.165, 1.54) is 6.08 Å². The number of hydrogen-bond donors (Lipinski definition) is 2. The van der Waals surface area contributed by atoms with Crippen LogP contribution in [-0.2, 0) is 9.59 Å². The average molecular weight is 418 g/mol. The highest BCUT2D eigenvalue weighted by atomic mass is 79.9. The van der Waals surface area contributed by atoms with Gasteiger partial charge in [-0.15, -0.1) is 0 Å². The van der Waals surface area contributed by atoms with Gasteiger partial charge in [0.25, 0.3) is 11.8 Å². The van der Waals surface area contributed by atoms with Crippen LogP contribution in [0.25, 0.3) is 6.08 Å². The van der Waals surface area contributed by atoms with Crippen LogP contribution in [-0.4, -0.2) is 24.5 Å². The third kappa shape index (κ3) is 3.51. The van der Waals surface area contributed by atoms with Crippen LogP contribution in [0.4, 0.5) is 4.79 Å². The Bertz CT molecular complexity index is 648. The molecule has 0 saturated carbocycles. The molecule has 4 amide bonds. The lowest BCUT2D eigenvalue weighted by Gasteiger charge is -2.15. The van der Waals surface area contributed by atoms with Gasteiger partial charge in [0.15, 0.2) is 0 Å². The van der Waals surface area contributed by atoms with E-state index < -0.39 is 17.8 Å². The van der Waals surface area contributed by atoms with Gasteiger partial charge in [0.2, 0.25) is 0 Å². The van der Waals surface area contributed by atoms with E-state index >= 15 is 0 Å². The molecule has 0 unspecified atom stereocenters. The Morgan fingerprint density at radius 2 is 1.76 bits per heavy atom. The number of imide groups is 2. The van der Waals surface area contributed by atoms with Gasteiger partial charge in [-0.2, -0.15) is 0 Å². The van der Waals surface area contributed by atoms with E-state index in [-0.39, 0.29) is 5.57 Å². The maximum Gasteiger partial charge on any atom is 0.328 e. The monoisotopic (exact) mass is 416 g/mol. The third-order valence-electron chi connectivity index (χ3n) is 2.57. The van der Waals surface area contributed by atoms with E-state index in [2.05, 4.69) is 31.9 Å². The van der Waals surface area contributed by atoms with Crippen molar-refractivity contribution in [2.75, 3.05) is 6.61 Å². The SMILES string of the molecule is CCOc1c(Br)cc(Br)cc1C=C1C(=O)NC(=O)NC1=O. The van der Waals surface area contributed by atoms with Crippen LogP contribution in [0.1, 0.15) is 12.5 Å². The highest BCUT2D eigenvalue weighted by Crippen LogP contribution is 2.34. The molecule has 0 bridgehead atoms. The van der Waals surface area contributed by atoms with E-state index in [0.717, 1.165) is 4.47 Å². The van der Waals surface area contributed by atoms with Crippen LogP contribution in [0.15, 0.2) is 26.7 Å². The molecule has 110 valence electrons. The van der Waals surface area contributed by atoms with Gasteiger partial charge in [0.05, 0.1) is 11.1 Å². The molecule has 1 heterocycles. The zero-order valence-corrected chi connectivity index (χ0v) is 14.0. The first-order valence-electron chi connectivity index (χ1n) is 5.92. The normalized spacial score (nSPS) is 14.6. The summed E-state index contributed by atoms with van der Waals surface area (Å²) < 4.78 is 6.94. The van der Waals surface area contributed by atoms with Crippen molar-refractivity contribution in [1.82, 2.24) is 10.6 Å². The van der Waals surface area contributed by atoms with Crippen molar-refractivity contribution in [2.24, 2.45) is 0 Å². The number of hydrogen-bond acceptors (Lipinski definition) is 4. The number of halogens is 2. The number of carbonyl (C=O) groups excluding carboxylic acids is 3. The van der Waals surface area contributed by atoms with E-state index in [4.69, 9.17) is 4.74 Å². The number of carbonyl (C=O) groups is 3. The second-order valence-electron chi connectivity index (χ2n) is 4.03. The average Bonchev–Trinajstić information content (AvgIpc) is 2.37. The Labute approximate surface area is 137 Å². The summed E-state index contributed by atoms with van der Waals surface area (Å²) in [4.78, 5) is 34.5. The summed E-state index contributed by atoms with van der Waals surface area (Å²) in [7, 11) is 0. The summed E-state index contributed by atoms with van der Waals surface area (Å²) in [6, 6.07) is 2.67. The molecule has 0 atom stereocenters. The standard InChI is InChI=1S/C13H10Br2N2O4/c1-2-21-10-6(3-7(14)5-9(10)15)4-8-11(18)16-13(20)17-12(8)19/h3-5H,2H2,1H3,(H2,16,17,18,19,20). The highest BCUT2D eigenvalue weighted by Gasteiger charge is 2.28. The van der Waals surface area contributed by atoms with Gasteiger partial charge in [-0.1, -0.05) is 15.9 Å². The van der Waals surface area contributed by atoms with Gasteiger partial charge in [0.1, 0.15) is 11.3 Å². The third-order valence-corrected chi connectivity index (χ3v) is 3.62. The summed E-state index contributed by atoms with van der Waals surface area (Å²) in [6.07, 6.45) is 1.37. The molecule has 0 radical (unpaired) electrons. The molecule has 0 aliphatic carbocycles. The summed E-state index contributed by atoms with van der Waals surface area (Å²) in [5, 5.41) is 4.04. The van der Waals surface area contributed by atoms with E-state index in [1.54, 1.807) is 12.1 Å². The van der Waals surface area contributed by atoms with Crippen LogP contribution in [0.3, 0.4) is 0 Å². The quantitative estimate of drug-likeness (QED) is 0.584. The second kappa shape index (κ2) is 6.40. The Hall–Kier alpha value is -1.67. The largest absolute Gasteiger partial charge is 0.492 e. The van der Waals surface area contributed by atoms with Gasteiger partial charge >= 0.3 is 6.03 Å². The number of urea groups is 1. The fourth-order valence-corrected chi connectivity index (χ4v) is 3.12. The van der Waals surface area contributed by atoms with Crippen LogP contribution >= 0.6 is 31.9 Å². The molecule has 21 heavy (non-hydrogen) atoms. The van der Waals surface area contributed by atoms with Gasteiger partial charge in [-0.25, -0.2) is 4.79 Å². The number of rotatable bonds is 3. The van der Waals surface area contributed by atoms with Crippen molar-refractivity contribution in [3.63, 3.8) is 0 Å². The molecule has 6 nitrogen and oxygen atoms in total. The Morgan fingerprint density at radius 1 is 1.14 bits per heavy atom. The Balaban J connectivity index is 2.51. The maximum absolute atomic E-state index is 11.7. The van der Waals surface area contributed by atoms with Gasteiger partial charge in [0, 0.05) is 10.0 Å². The molecular weight excluding hydrogens is 408 g/mol. The molecular formula is C13H10Br2N2O4. The molecule has 1 fully saturated rings. The van der Waals surface area contributed by atoms with Gasteiger partial charge in [-0.3, -0.25) is 20.2 Å². The first-order chi connectivity index (χ1) is 9.92. The second-order valence-corrected chi connectivity index (χ2v) is 5.80. The molecule has 1 aromatic rings. The number of amides is 4. The first-order valence-corrected chi connectivity index (χ1v) is 7.51. The molecule has 0 spiro atoms. The van der Waals surface area contributed by atoms with Gasteiger partial charge in [-0.05, 0) is 41.1 Å².